The molecule has 0 aliphatic heterocycles. The number of carboxylic acid groups (broad SMARTS) is 1. The normalized spacial score (nSPS) is 26.0. The van der Waals surface area contributed by atoms with Crippen LogP contribution in [-0.4, -0.2) is 29.2 Å². The van der Waals surface area contributed by atoms with Gasteiger partial charge < -0.3 is 15.7 Å². The first-order valence-corrected chi connectivity index (χ1v) is 6.32. The summed E-state index contributed by atoms with van der Waals surface area (Å²) in [4.78, 5) is 22.4. The van der Waals surface area contributed by atoms with Gasteiger partial charge in [-0.3, -0.25) is 0 Å². The molecule has 0 bridgehead atoms. The maximum Gasteiger partial charge on any atom is 0.326 e. The van der Waals surface area contributed by atoms with Crippen LogP contribution in [0.25, 0.3) is 0 Å². The fourth-order valence-electron chi connectivity index (χ4n) is 2.29. The van der Waals surface area contributed by atoms with E-state index in [9.17, 15) is 9.59 Å². The molecule has 1 aliphatic carbocycles. The summed E-state index contributed by atoms with van der Waals surface area (Å²) in [6.07, 6.45) is 4.71. The quantitative estimate of drug-likeness (QED) is 0.702. The summed E-state index contributed by atoms with van der Waals surface area (Å²) in [5, 5.41) is 14.2. The molecule has 2 amide bonds. The Kier molecular flexibility index (Phi) is 5.25. The molecule has 1 saturated carbocycles. The number of nitrogens with one attached hydrogen (secondary N) is 2. The van der Waals surface area contributed by atoms with Gasteiger partial charge in [-0.15, -0.1) is 0 Å². The van der Waals surface area contributed by atoms with E-state index in [1.54, 1.807) is 6.92 Å². The first kappa shape index (κ1) is 13.8. The number of carbonyl (C=O) groups is 2. The van der Waals surface area contributed by atoms with Crippen LogP contribution in [0.1, 0.15) is 46.0 Å². The van der Waals surface area contributed by atoms with Gasteiger partial charge in [-0.05, 0) is 25.2 Å². The second-order valence-corrected chi connectivity index (χ2v) is 4.89. The lowest BCUT2D eigenvalue weighted by molar-refractivity contribution is -0.139. The fraction of sp³-hybridized carbons (Fsp3) is 0.833. The second-order valence-electron chi connectivity index (χ2n) is 4.89. The van der Waals surface area contributed by atoms with Crippen LogP contribution in [0.5, 0.6) is 0 Å². The molecule has 0 radical (unpaired) electrons. The van der Waals surface area contributed by atoms with E-state index in [0.29, 0.717) is 12.3 Å². The number of urea groups is 1. The van der Waals surface area contributed by atoms with Crippen LogP contribution in [0.15, 0.2) is 0 Å². The third kappa shape index (κ3) is 4.63. The molecule has 0 spiro atoms. The van der Waals surface area contributed by atoms with Gasteiger partial charge in [0.05, 0.1) is 0 Å². The van der Waals surface area contributed by atoms with Crippen molar-refractivity contribution < 1.29 is 14.7 Å². The van der Waals surface area contributed by atoms with Crippen LogP contribution >= 0.6 is 0 Å². The highest BCUT2D eigenvalue weighted by atomic mass is 16.4. The average molecular weight is 242 g/mol. The van der Waals surface area contributed by atoms with E-state index in [1.807, 2.05) is 0 Å². The van der Waals surface area contributed by atoms with Gasteiger partial charge in [0.15, 0.2) is 0 Å². The second kappa shape index (κ2) is 6.47. The van der Waals surface area contributed by atoms with E-state index in [-0.39, 0.29) is 12.1 Å². The Morgan fingerprint density at radius 3 is 2.65 bits per heavy atom. The lowest BCUT2D eigenvalue weighted by Gasteiger charge is -2.28. The lowest BCUT2D eigenvalue weighted by atomic mass is 9.87. The Morgan fingerprint density at radius 1 is 1.41 bits per heavy atom. The summed E-state index contributed by atoms with van der Waals surface area (Å²) in [6, 6.07) is -0.973. The summed E-state index contributed by atoms with van der Waals surface area (Å²) in [7, 11) is 0. The van der Waals surface area contributed by atoms with Crippen LogP contribution in [0, 0.1) is 5.92 Å². The minimum atomic E-state index is -0.986. The van der Waals surface area contributed by atoms with Gasteiger partial charge in [0.25, 0.3) is 0 Å². The van der Waals surface area contributed by atoms with E-state index in [2.05, 4.69) is 17.6 Å². The van der Waals surface area contributed by atoms with Crippen molar-refractivity contribution in [1.29, 1.82) is 0 Å². The van der Waals surface area contributed by atoms with Crippen molar-refractivity contribution in [3.8, 4) is 0 Å². The molecule has 0 aromatic heterocycles. The van der Waals surface area contributed by atoms with Gasteiger partial charge in [0, 0.05) is 6.04 Å². The number of carboxylic acids is 1. The maximum absolute atomic E-state index is 11.6. The smallest absolute Gasteiger partial charge is 0.326 e. The third-order valence-corrected chi connectivity index (χ3v) is 3.28. The molecule has 1 rings (SSSR count). The molecule has 98 valence electrons. The Labute approximate surface area is 102 Å². The summed E-state index contributed by atoms with van der Waals surface area (Å²) >= 11 is 0. The minimum absolute atomic E-state index is 0.185. The molecule has 2 unspecified atom stereocenters. The Balaban J connectivity index is 2.35. The molecular weight excluding hydrogens is 220 g/mol. The molecule has 3 atom stereocenters. The van der Waals surface area contributed by atoms with Gasteiger partial charge in [-0.1, -0.05) is 26.7 Å². The summed E-state index contributed by atoms with van der Waals surface area (Å²) in [6.45, 7) is 3.92. The van der Waals surface area contributed by atoms with Gasteiger partial charge >= 0.3 is 12.0 Å². The lowest BCUT2D eigenvalue weighted by Crippen LogP contribution is -2.49. The van der Waals surface area contributed by atoms with E-state index < -0.39 is 12.0 Å². The van der Waals surface area contributed by atoms with Crippen molar-refractivity contribution in [1.82, 2.24) is 10.6 Å². The Morgan fingerprint density at radius 2 is 2.12 bits per heavy atom. The van der Waals surface area contributed by atoms with E-state index >= 15 is 0 Å². The monoisotopic (exact) mass is 242 g/mol. The molecule has 5 nitrogen and oxygen atoms in total. The molecule has 0 aromatic rings. The van der Waals surface area contributed by atoms with Crippen LogP contribution < -0.4 is 10.6 Å². The molecule has 17 heavy (non-hydrogen) atoms. The van der Waals surface area contributed by atoms with Crippen molar-refractivity contribution in [3.63, 3.8) is 0 Å². The summed E-state index contributed by atoms with van der Waals surface area (Å²) in [5.74, 6) is -0.352. The number of aliphatic carboxylic acids is 1. The number of hydrogen-bond donors (Lipinski definition) is 3. The standard InChI is InChI=1S/C12H22N2O3/c1-3-10(11(15)16)14-12(17)13-9-6-4-5-8(2)7-9/h8-10H,3-7H2,1-2H3,(H,15,16)(H2,13,14,17)/t8?,9?,10-/m1/s1. The molecule has 0 heterocycles. The van der Waals surface area contributed by atoms with Crippen molar-refractivity contribution >= 4 is 12.0 Å². The predicted molar refractivity (Wildman–Crippen MR) is 64.8 cm³/mol. The van der Waals surface area contributed by atoms with E-state index in [0.717, 1.165) is 19.3 Å². The highest BCUT2D eigenvalue weighted by molar-refractivity contribution is 5.82. The SMILES string of the molecule is CC[C@@H](NC(=O)NC1CCCC(C)C1)C(=O)O. The summed E-state index contributed by atoms with van der Waals surface area (Å²) < 4.78 is 0. The zero-order valence-electron chi connectivity index (χ0n) is 10.5. The minimum Gasteiger partial charge on any atom is -0.480 e. The molecule has 0 aromatic carbocycles. The molecule has 0 saturated heterocycles. The highest BCUT2D eigenvalue weighted by Crippen LogP contribution is 2.23. The largest absolute Gasteiger partial charge is 0.480 e. The van der Waals surface area contributed by atoms with Gasteiger partial charge in [-0.2, -0.15) is 0 Å². The van der Waals surface area contributed by atoms with Gasteiger partial charge in [0.1, 0.15) is 6.04 Å². The topological polar surface area (TPSA) is 78.4 Å². The van der Waals surface area contributed by atoms with Crippen LogP contribution in [-0.2, 0) is 4.79 Å². The molecule has 1 aliphatic rings. The molecule has 5 heteroatoms. The van der Waals surface area contributed by atoms with E-state index in [1.165, 1.54) is 6.42 Å². The van der Waals surface area contributed by atoms with Crippen LogP contribution in [0.4, 0.5) is 4.79 Å². The highest BCUT2D eigenvalue weighted by Gasteiger charge is 2.22. The number of carbonyl (C=O) groups excluding carboxylic acids is 1. The Bertz CT molecular complexity index is 281. The fourth-order valence-corrected chi connectivity index (χ4v) is 2.29. The number of amides is 2. The zero-order valence-corrected chi connectivity index (χ0v) is 10.5. The maximum atomic E-state index is 11.6. The first-order chi connectivity index (χ1) is 8.02. The predicted octanol–water partition coefficient (Wildman–Crippen LogP) is 1.73. The molecule has 1 fully saturated rings. The van der Waals surface area contributed by atoms with Crippen molar-refractivity contribution in [2.24, 2.45) is 5.92 Å². The third-order valence-electron chi connectivity index (χ3n) is 3.28. The summed E-state index contributed by atoms with van der Waals surface area (Å²) in [5.41, 5.74) is 0. The van der Waals surface area contributed by atoms with E-state index in [4.69, 9.17) is 5.11 Å². The van der Waals surface area contributed by atoms with Crippen molar-refractivity contribution in [3.05, 3.63) is 0 Å². The number of hydrogen-bond acceptors (Lipinski definition) is 2. The van der Waals surface area contributed by atoms with Crippen LogP contribution in [0.2, 0.25) is 0 Å². The molecule has 3 N–H and O–H groups in total. The number of rotatable bonds is 4. The van der Waals surface area contributed by atoms with Crippen molar-refractivity contribution in [2.75, 3.05) is 0 Å². The van der Waals surface area contributed by atoms with Gasteiger partial charge in [0.2, 0.25) is 0 Å². The average Bonchev–Trinajstić information content (AvgIpc) is 2.25. The first-order valence-electron chi connectivity index (χ1n) is 6.32. The van der Waals surface area contributed by atoms with Crippen LogP contribution in [0.3, 0.4) is 0 Å². The molecular formula is C12H22N2O3. The van der Waals surface area contributed by atoms with Gasteiger partial charge in [-0.25, -0.2) is 9.59 Å². The zero-order chi connectivity index (χ0) is 12.8. The van der Waals surface area contributed by atoms with Crippen molar-refractivity contribution in [2.45, 2.75) is 58.0 Å². The Hall–Kier alpha value is -1.26.